The summed E-state index contributed by atoms with van der Waals surface area (Å²) < 4.78 is 5.57. The Morgan fingerprint density at radius 1 is 1.00 bits per heavy atom. The summed E-state index contributed by atoms with van der Waals surface area (Å²) in [5, 5.41) is 30.8. The van der Waals surface area contributed by atoms with E-state index >= 15 is 0 Å². The first kappa shape index (κ1) is 23.1. The standard InChI is InChI=1S/C27H44O5/c1-15(4-7-24-18(14-32-24)25(30)31)19-5-6-20-17-13-23(29)22-12-16(28)8-10-27(22,3)21(17)9-11-26(19,20)2/h15-24,28-29H,4-14H2,1-3H3,(H,30,31)/t15-,16-,17?,18?,19-,20?,21?,22+,23+,24?,26-,27-/m1/s1. The van der Waals surface area contributed by atoms with Crippen LogP contribution < -0.4 is 0 Å². The van der Waals surface area contributed by atoms with Crippen LogP contribution in [0.15, 0.2) is 0 Å². The van der Waals surface area contributed by atoms with Crippen molar-refractivity contribution < 1.29 is 24.9 Å². The van der Waals surface area contributed by atoms with Crippen molar-refractivity contribution in [3.63, 3.8) is 0 Å². The Morgan fingerprint density at radius 3 is 2.41 bits per heavy atom. The predicted octanol–water partition coefficient (Wildman–Crippen LogP) is 4.49. The van der Waals surface area contributed by atoms with Crippen LogP contribution in [0.4, 0.5) is 0 Å². The maximum Gasteiger partial charge on any atom is 0.311 e. The highest BCUT2D eigenvalue weighted by atomic mass is 16.5. The van der Waals surface area contributed by atoms with Crippen LogP contribution in [0.1, 0.15) is 85.0 Å². The minimum absolute atomic E-state index is 0.0947. The van der Waals surface area contributed by atoms with Gasteiger partial charge in [0.15, 0.2) is 0 Å². The van der Waals surface area contributed by atoms with Gasteiger partial charge in [0.05, 0.1) is 24.9 Å². The van der Waals surface area contributed by atoms with Crippen LogP contribution in [-0.2, 0) is 9.53 Å². The normalized spacial score (nSPS) is 53.5. The summed E-state index contributed by atoms with van der Waals surface area (Å²) in [7, 11) is 0. The van der Waals surface area contributed by atoms with Crippen LogP contribution in [0, 0.1) is 52.3 Å². The van der Waals surface area contributed by atoms with Crippen LogP contribution in [0.25, 0.3) is 0 Å². The molecule has 5 rings (SSSR count). The average molecular weight is 449 g/mol. The van der Waals surface area contributed by atoms with E-state index in [4.69, 9.17) is 4.74 Å². The van der Waals surface area contributed by atoms with Crippen molar-refractivity contribution in [3.05, 3.63) is 0 Å². The van der Waals surface area contributed by atoms with Gasteiger partial charge >= 0.3 is 5.97 Å². The fourth-order valence-corrected chi connectivity index (χ4v) is 9.73. The molecular weight excluding hydrogens is 404 g/mol. The number of fused-ring (bicyclic) bond motifs is 5. The van der Waals surface area contributed by atoms with Gasteiger partial charge in [0.25, 0.3) is 0 Å². The molecule has 5 nitrogen and oxygen atoms in total. The van der Waals surface area contributed by atoms with E-state index in [1.54, 1.807) is 0 Å². The number of aliphatic hydroxyl groups is 2. The van der Waals surface area contributed by atoms with Gasteiger partial charge in [-0.3, -0.25) is 4.79 Å². The minimum atomic E-state index is -0.710. The van der Waals surface area contributed by atoms with E-state index in [-0.39, 0.29) is 35.6 Å². The van der Waals surface area contributed by atoms with E-state index in [2.05, 4.69) is 20.8 Å². The van der Waals surface area contributed by atoms with Crippen molar-refractivity contribution in [1.82, 2.24) is 0 Å². The molecular formula is C27H44O5. The summed E-state index contributed by atoms with van der Waals surface area (Å²) in [6.45, 7) is 7.72. The lowest BCUT2D eigenvalue weighted by Crippen LogP contribution is -2.58. The molecule has 1 saturated heterocycles. The zero-order chi connectivity index (χ0) is 22.8. The van der Waals surface area contributed by atoms with Crippen molar-refractivity contribution in [2.24, 2.45) is 52.3 Å². The topological polar surface area (TPSA) is 87.0 Å². The van der Waals surface area contributed by atoms with Gasteiger partial charge in [0, 0.05) is 0 Å². The van der Waals surface area contributed by atoms with Gasteiger partial charge in [-0.1, -0.05) is 20.8 Å². The van der Waals surface area contributed by atoms with Crippen molar-refractivity contribution in [1.29, 1.82) is 0 Å². The fourth-order valence-electron chi connectivity index (χ4n) is 9.73. The molecule has 4 saturated carbocycles. The maximum absolute atomic E-state index is 11.3. The van der Waals surface area contributed by atoms with E-state index < -0.39 is 5.97 Å². The number of hydrogen-bond acceptors (Lipinski definition) is 4. The van der Waals surface area contributed by atoms with Crippen LogP contribution in [0.3, 0.4) is 0 Å². The number of aliphatic carboxylic acids is 1. The Morgan fingerprint density at radius 2 is 1.72 bits per heavy atom. The number of carboxylic acids is 1. The number of ether oxygens (including phenoxy) is 1. The number of carbonyl (C=O) groups is 1. The summed E-state index contributed by atoms with van der Waals surface area (Å²) in [5.74, 6) is 2.51. The highest BCUT2D eigenvalue weighted by Crippen LogP contribution is 2.68. The molecule has 1 aliphatic heterocycles. The number of rotatable bonds is 5. The molecule has 182 valence electrons. The lowest BCUT2D eigenvalue weighted by molar-refractivity contribution is -0.176. The quantitative estimate of drug-likeness (QED) is 0.577. The minimum Gasteiger partial charge on any atom is -0.481 e. The molecule has 0 spiro atoms. The zero-order valence-corrected chi connectivity index (χ0v) is 20.2. The molecule has 5 unspecified atom stereocenters. The molecule has 0 aromatic heterocycles. The second kappa shape index (κ2) is 8.23. The Kier molecular flexibility index (Phi) is 5.95. The summed E-state index contributed by atoms with van der Waals surface area (Å²) >= 11 is 0. The fraction of sp³-hybridized carbons (Fsp3) is 0.963. The molecule has 5 heteroatoms. The summed E-state index contributed by atoms with van der Waals surface area (Å²) in [6.07, 6.45) is 10.1. The molecule has 5 aliphatic rings. The molecule has 0 bridgehead atoms. The van der Waals surface area contributed by atoms with Crippen LogP contribution in [0.5, 0.6) is 0 Å². The van der Waals surface area contributed by atoms with E-state index in [1.807, 2.05) is 0 Å². The molecule has 5 fully saturated rings. The van der Waals surface area contributed by atoms with Crippen LogP contribution in [-0.4, -0.2) is 46.2 Å². The lowest BCUT2D eigenvalue weighted by Gasteiger charge is -2.62. The highest BCUT2D eigenvalue weighted by molar-refractivity contribution is 5.71. The molecule has 4 aliphatic carbocycles. The summed E-state index contributed by atoms with van der Waals surface area (Å²) in [5.41, 5.74) is 0.518. The third kappa shape index (κ3) is 3.48. The second-order valence-electron chi connectivity index (χ2n) is 12.8. The Bertz CT molecular complexity index is 725. The van der Waals surface area contributed by atoms with Crippen LogP contribution >= 0.6 is 0 Å². The first-order chi connectivity index (χ1) is 15.1. The molecule has 3 N–H and O–H groups in total. The second-order valence-corrected chi connectivity index (χ2v) is 12.8. The van der Waals surface area contributed by atoms with E-state index in [0.717, 1.165) is 38.5 Å². The third-order valence-corrected chi connectivity index (χ3v) is 11.6. The highest BCUT2D eigenvalue weighted by Gasteiger charge is 2.62. The predicted molar refractivity (Wildman–Crippen MR) is 122 cm³/mol. The first-order valence-electron chi connectivity index (χ1n) is 13.4. The van der Waals surface area contributed by atoms with Gasteiger partial charge in [-0.25, -0.2) is 0 Å². The van der Waals surface area contributed by atoms with Gasteiger partial charge < -0.3 is 20.1 Å². The third-order valence-electron chi connectivity index (χ3n) is 11.6. The van der Waals surface area contributed by atoms with Crippen molar-refractivity contribution in [3.8, 4) is 0 Å². The number of hydrogen-bond donors (Lipinski definition) is 3. The number of carboxylic acid groups (broad SMARTS) is 1. The van der Waals surface area contributed by atoms with Gasteiger partial charge in [-0.15, -0.1) is 0 Å². The molecule has 12 atom stereocenters. The molecule has 0 radical (unpaired) electrons. The number of aliphatic hydroxyl groups excluding tert-OH is 2. The largest absolute Gasteiger partial charge is 0.481 e. The average Bonchev–Trinajstić information content (AvgIpc) is 3.05. The Labute approximate surface area is 193 Å². The maximum atomic E-state index is 11.3. The van der Waals surface area contributed by atoms with E-state index in [1.165, 1.54) is 25.7 Å². The van der Waals surface area contributed by atoms with Gasteiger partial charge in [0.2, 0.25) is 0 Å². The smallest absolute Gasteiger partial charge is 0.311 e. The van der Waals surface area contributed by atoms with Crippen molar-refractivity contribution >= 4 is 5.97 Å². The Hall–Kier alpha value is -0.650. The molecule has 0 aromatic rings. The van der Waals surface area contributed by atoms with Crippen LogP contribution in [0.2, 0.25) is 0 Å². The first-order valence-corrected chi connectivity index (χ1v) is 13.4. The van der Waals surface area contributed by atoms with E-state index in [9.17, 15) is 20.1 Å². The lowest BCUT2D eigenvalue weighted by atomic mass is 9.43. The van der Waals surface area contributed by atoms with Crippen molar-refractivity contribution in [2.75, 3.05) is 6.61 Å². The molecule has 32 heavy (non-hydrogen) atoms. The van der Waals surface area contributed by atoms with Gasteiger partial charge in [-0.05, 0) is 111 Å². The van der Waals surface area contributed by atoms with Gasteiger partial charge in [0.1, 0.15) is 5.92 Å². The monoisotopic (exact) mass is 448 g/mol. The molecule has 0 aromatic carbocycles. The summed E-state index contributed by atoms with van der Waals surface area (Å²) in [6, 6.07) is 0. The van der Waals surface area contributed by atoms with Crippen molar-refractivity contribution in [2.45, 2.75) is 103 Å². The van der Waals surface area contributed by atoms with Gasteiger partial charge in [-0.2, -0.15) is 0 Å². The zero-order valence-electron chi connectivity index (χ0n) is 20.2. The molecule has 1 heterocycles. The summed E-state index contributed by atoms with van der Waals surface area (Å²) in [4.78, 5) is 11.3. The molecule has 0 amide bonds. The SMILES string of the molecule is C[C@H](CCC1OCC1C(=O)O)[C@H]1CCC2C3C[C@H](O)[C@@H]4C[C@H](O)CC[C@]4(C)C3CC[C@@]21C. The van der Waals surface area contributed by atoms with E-state index in [0.29, 0.717) is 41.6 Å². The Balaban J connectivity index is 1.28.